The van der Waals surface area contributed by atoms with Crippen LogP contribution >= 0.6 is 36.2 Å². The molecule has 1 aromatic heterocycles. The third-order valence-corrected chi connectivity index (χ3v) is 9.54. The Kier molecular flexibility index (Phi) is 6.36. The predicted octanol–water partition coefficient (Wildman–Crippen LogP) is 5.03. The van der Waals surface area contributed by atoms with E-state index in [0.717, 1.165) is 36.3 Å². The monoisotopic (exact) mass is 443 g/mol. The molecule has 6 fully saturated rings. The van der Waals surface area contributed by atoms with E-state index in [0.29, 0.717) is 5.41 Å². The minimum Gasteiger partial charge on any atom is -0.314 e. The van der Waals surface area contributed by atoms with Gasteiger partial charge in [-0.2, -0.15) is 0 Å². The number of piperidine rings is 2. The number of fused-ring (bicyclic) bond motifs is 1. The highest BCUT2D eigenvalue weighted by atomic mass is 35.5. The van der Waals surface area contributed by atoms with E-state index in [2.05, 4.69) is 15.6 Å². The Labute approximate surface area is 186 Å². The molecule has 6 aliphatic rings. The summed E-state index contributed by atoms with van der Waals surface area (Å²) in [5.41, 5.74) is 1.85. The van der Waals surface area contributed by atoms with Gasteiger partial charge in [0.2, 0.25) is 0 Å². The van der Waals surface area contributed by atoms with Crippen molar-refractivity contribution in [3.8, 4) is 0 Å². The van der Waals surface area contributed by atoms with Crippen molar-refractivity contribution in [1.29, 1.82) is 0 Å². The fourth-order valence-electron chi connectivity index (χ4n) is 7.69. The predicted molar refractivity (Wildman–Crippen MR) is 121 cm³/mol. The number of likely N-dealkylation sites (tertiary alicyclic amines) is 1. The molecule has 3 heterocycles. The molecule has 0 unspecified atom stereocenters. The Balaban J connectivity index is 0.000000961. The van der Waals surface area contributed by atoms with E-state index >= 15 is 0 Å². The minimum atomic E-state index is 0. The highest BCUT2D eigenvalue weighted by Gasteiger charge is 2.52. The Morgan fingerprint density at radius 1 is 1.07 bits per heavy atom. The minimum absolute atomic E-state index is 0. The third-order valence-electron chi connectivity index (χ3n) is 8.41. The first kappa shape index (κ1) is 21.4. The number of hydrogen-bond donors (Lipinski definition) is 1. The van der Waals surface area contributed by atoms with Crippen molar-refractivity contribution in [3.05, 3.63) is 16.1 Å². The van der Waals surface area contributed by atoms with Crippen LogP contribution in [-0.4, -0.2) is 35.6 Å². The van der Waals surface area contributed by atoms with Gasteiger partial charge in [-0.15, -0.1) is 36.2 Å². The zero-order valence-corrected chi connectivity index (χ0v) is 19.2. The van der Waals surface area contributed by atoms with Crippen LogP contribution in [0.1, 0.15) is 68.5 Å². The van der Waals surface area contributed by atoms with Crippen LogP contribution in [-0.2, 0) is 12.0 Å². The summed E-state index contributed by atoms with van der Waals surface area (Å²) in [7, 11) is 0. The fraction of sp³-hybridized carbons (Fsp3) is 0.864. The van der Waals surface area contributed by atoms with Crippen molar-refractivity contribution >= 4 is 36.2 Å². The van der Waals surface area contributed by atoms with Gasteiger partial charge in [-0.3, -0.25) is 4.90 Å². The Bertz CT molecular complexity index is 643. The number of aromatic nitrogens is 1. The van der Waals surface area contributed by atoms with Crippen LogP contribution in [0.2, 0.25) is 0 Å². The summed E-state index contributed by atoms with van der Waals surface area (Å²) in [5.74, 6) is 3.93. The maximum atomic E-state index is 5.26. The number of nitrogens with zero attached hydrogens (tertiary/aromatic N) is 2. The number of rotatable bonds is 3. The van der Waals surface area contributed by atoms with Gasteiger partial charge in [0.15, 0.2) is 0 Å². The largest absolute Gasteiger partial charge is 0.314 e. The van der Waals surface area contributed by atoms with Crippen molar-refractivity contribution in [2.75, 3.05) is 19.6 Å². The molecule has 0 amide bonds. The SMILES string of the molecule is Cl.Cl.c1sc(C23CC4CC(CC(C4)C2)C3)nc1CN1CC[C@@H]2NCCC[C@@H]2C1. The van der Waals surface area contributed by atoms with Crippen LogP contribution in [0.15, 0.2) is 5.38 Å². The lowest BCUT2D eigenvalue weighted by atomic mass is 9.50. The summed E-state index contributed by atoms with van der Waals surface area (Å²) in [6.45, 7) is 4.86. The van der Waals surface area contributed by atoms with E-state index in [4.69, 9.17) is 4.98 Å². The number of thiazole rings is 1. The van der Waals surface area contributed by atoms with Crippen molar-refractivity contribution in [3.63, 3.8) is 0 Å². The van der Waals surface area contributed by atoms with Gasteiger partial charge in [0.05, 0.1) is 10.7 Å². The van der Waals surface area contributed by atoms with Crippen LogP contribution < -0.4 is 5.32 Å². The molecule has 2 atom stereocenters. The molecule has 0 aromatic carbocycles. The molecule has 158 valence electrons. The zero-order valence-electron chi connectivity index (χ0n) is 16.8. The van der Waals surface area contributed by atoms with Gasteiger partial charge >= 0.3 is 0 Å². The standard InChI is InChI=1S/C22H33N3S.2ClH/c1-2-18-12-25(5-3-20(18)23-4-1)13-19-14-26-21(24-19)22-9-15-6-16(10-22)8-17(7-15)11-22;;/h14-18,20,23H,1-13H2;2*1H/t15?,16?,17?,18-,20+,22?;;/m1../s1. The second-order valence-electron chi connectivity index (χ2n) is 10.3. The van der Waals surface area contributed by atoms with Crippen LogP contribution in [0, 0.1) is 23.7 Å². The Hall–Kier alpha value is 0.130. The average Bonchev–Trinajstić information content (AvgIpc) is 3.10. The van der Waals surface area contributed by atoms with Gasteiger partial charge in [0.1, 0.15) is 0 Å². The first-order chi connectivity index (χ1) is 12.8. The first-order valence-electron chi connectivity index (χ1n) is 11.2. The van der Waals surface area contributed by atoms with Gasteiger partial charge in [0, 0.05) is 36.5 Å². The lowest BCUT2D eigenvalue weighted by Crippen LogP contribution is -2.51. The molecule has 0 spiro atoms. The van der Waals surface area contributed by atoms with Crippen molar-refractivity contribution in [2.45, 2.75) is 75.8 Å². The molecule has 4 saturated carbocycles. The molecule has 28 heavy (non-hydrogen) atoms. The number of halogens is 2. The quantitative estimate of drug-likeness (QED) is 0.709. The van der Waals surface area contributed by atoms with Crippen molar-refractivity contribution < 1.29 is 0 Å². The van der Waals surface area contributed by atoms with E-state index in [1.165, 1.54) is 88.1 Å². The Morgan fingerprint density at radius 2 is 1.79 bits per heavy atom. The highest BCUT2D eigenvalue weighted by molar-refractivity contribution is 7.09. The lowest BCUT2D eigenvalue weighted by Gasteiger charge is -2.56. The second kappa shape index (κ2) is 8.34. The highest BCUT2D eigenvalue weighted by Crippen LogP contribution is 2.61. The normalized spacial score (nSPS) is 41.8. The Morgan fingerprint density at radius 3 is 2.50 bits per heavy atom. The summed E-state index contributed by atoms with van der Waals surface area (Å²) in [6.07, 6.45) is 13.1. The van der Waals surface area contributed by atoms with Crippen LogP contribution in [0.25, 0.3) is 0 Å². The van der Waals surface area contributed by atoms with E-state index in [1.807, 2.05) is 11.3 Å². The van der Waals surface area contributed by atoms with Gasteiger partial charge in [0.25, 0.3) is 0 Å². The molecular weight excluding hydrogens is 409 g/mol. The summed E-state index contributed by atoms with van der Waals surface area (Å²) in [6, 6.07) is 0.790. The smallest absolute Gasteiger partial charge is 0.0991 e. The van der Waals surface area contributed by atoms with Crippen molar-refractivity contribution in [1.82, 2.24) is 15.2 Å². The van der Waals surface area contributed by atoms with Gasteiger partial charge in [-0.05, 0) is 88.0 Å². The van der Waals surface area contributed by atoms with Crippen LogP contribution in [0.3, 0.4) is 0 Å². The third kappa shape index (κ3) is 3.77. The van der Waals surface area contributed by atoms with Gasteiger partial charge in [-0.25, -0.2) is 4.98 Å². The van der Waals surface area contributed by atoms with Crippen LogP contribution in [0.5, 0.6) is 0 Å². The average molecular weight is 445 g/mol. The molecular formula is C22H35Cl2N3S. The molecule has 4 aliphatic carbocycles. The van der Waals surface area contributed by atoms with Gasteiger partial charge in [-0.1, -0.05) is 0 Å². The zero-order chi connectivity index (χ0) is 17.1. The summed E-state index contributed by atoms with van der Waals surface area (Å²) >= 11 is 2.00. The fourth-order valence-corrected chi connectivity index (χ4v) is 8.73. The summed E-state index contributed by atoms with van der Waals surface area (Å²) < 4.78 is 0. The van der Waals surface area contributed by atoms with E-state index in [-0.39, 0.29) is 24.8 Å². The number of nitrogens with one attached hydrogen (secondary N) is 1. The molecule has 2 saturated heterocycles. The molecule has 0 radical (unpaired) electrons. The maximum absolute atomic E-state index is 5.26. The van der Waals surface area contributed by atoms with Gasteiger partial charge < -0.3 is 5.32 Å². The molecule has 4 bridgehead atoms. The molecule has 2 aliphatic heterocycles. The lowest BCUT2D eigenvalue weighted by molar-refractivity contribution is -0.00539. The van der Waals surface area contributed by atoms with Crippen LogP contribution in [0.4, 0.5) is 0 Å². The molecule has 7 rings (SSSR count). The molecule has 1 N–H and O–H groups in total. The number of hydrogen-bond acceptors (Lipinski definition) is 4. The first-order valence-corrected chi connectivity index (χ1v) is 12.0. The molecule has 6 heteroatoms. The van der Waals surface area contributed by atoms with E-state index in [1.54, 1.807) is 0 Å². The topological polar surface area (TPSA) is 28.2 Å². The van der Waals surface area contributed by atoms with E-state index in [9.17, 15) is 0 Å². The summed E-state index contributed by atoms with van der Waals surface area (Å²) in [5, 5.41) is 7.66. The van der Waals surface area contributed by atoms with E-state index < -0.39 is 0 Å². The summed E-state index contributed by atoms with van der Waals surface area (Å²) in [4.78, 5) is 7.95. The molecule has 3 nitrogen and oxygen atoms in total. The second-order valence-corrected chi connectivity index (χ2v) is 11.2. The maximum Gasteiger partial charge on any atom is 0.0991 e. The van der Waals surface area contributed by atoms with Crippen molar-refractivity contribution in [2.24, 2.45) is 23.7 Å². The molecule has 1 aromatic rings.